The van der Waals surface area contributed by atoms with Crippen molar-refractivity contribution in [2.24, 2.45) is 0 Å². The van der Waals surface area contributed by atoms with E-state index < -0.39 is 10.0 Å². The average Bonchev–Trinajstić information content (AvgIpc) is 2.92. The van der Waals surface area contributed by atoms with Gasteiger partial charge in [-0.3, -0.25) is 4.79 Å². The van der Waals surface area contributed by atoms with Crippen LogP contribution in [0.3, 0.4) is 0 Å². The standard InChI is InChI=1S/C15H18N2O2S.C8H17N.C3H7NO.C2H6/c1-16-14-8-10-15(11-9-14)20(18,19)17(2)12-13-6-4-3-5-7-13;1-9(2)8-6-4-3-5-7-8;1-2-4-3-5;1-2/h3-11,16H,12H2,1-2H3;8H,3-7H2,1-2H3;3H,2H2,1H3,(H,4,5);1-2H3. The summed E-state index contributed by atoms with van der Waals surface area (Å²) in [7, 11) is 4.31. The Morgan fingerprint density at radius 1 is 0.917 bits per heavy atom. The molecule has 8 heteroatoms. The van der Waals surface area contributed by atoms with Crippen LogP contribution >= 0.6 is 0 Å². The largest absolute Gasteiger partial charge is 0.388 e. The Balaban J connectivity index is 0.000000631. The van der Waals surface area contributed by atoms with Gasteiger partial charge in [-0.15, -0.1) is 0 Å². The molecule has 3 rings (SSSR count). The number of anilines is 1. The predicted molar refractivity (Wildman–Crippen MR) is 153 cm³/mol. The van der Waals surface area contributed by atoms with E-state index in [4.69, 9.17) is 0 Å². The number of nitrogens with zero attached hydrogens (tertiary/aromatic N) is 2. The fraction of sp³-hybridized carbons (Fsp3) is 0.536. The third-order valence-corrected chi connectivity index (χ3v) is 7.51. The molecule has 0 saturated heterocycles. The average molecular weight is 521 g/mol. The van der Waals surface area contributed by atoms with Crippen molar-refractivity contribution in [2.45, 2.75) is 70.4 Å². The summed E-state index contributed by atoms with van der Waals surface area (Å²) in [6.07, 6.45) is 7.88. The Bertz CT molecular complexity index is 898. The monoisotopic (exact) mass is 520 g/mol. The minimum atomic E-state index is -3.46. The van der Waals surface area contributed by atoms with Crippen LogP contribution in [0.1, 0.15) is 58.4 Å². The second kappa shape index (κ2) is 19.7. The molecule has 1 aliphatic rings. The molecule has 0 atom stereocenters. The smallest absolute Gasteiger partial charge is 0.243 e. The molecule has 0 radical (unpaired) electrons. The van der Waals surface area contributed by atoms with Crippen molar-refractivity contribution < 1.29 is 13.2 Å². The molecule has 1 aliphatic carbocycles. The lowest BCUT2D eigenvalue weighted by Gasteiger charge is -2.27. The van der Waals surface area contributed by atoms with Crippen LogP contribution in [-0.2, 0) is 21.4 Å². The second-order valence-corrected chi connectivity index (χ2v) is 10.5. The SMILES string of the molecule is CC.CCNC=O.CN(C)C1CCCCC1.CNc1ccc(S(=O)(=O)N(C)Cc2ccccc2)cc1. The number of hydrogen-bond donors (Lipinski definition) is 2. The van der Waals surface area contributed by atoms with Gasteiger partial charge in [-0.2, -0.15) is 4.31 Å². The van der Waals surface area contributed by atoms with Gasteiger partial charge in [-0.25, -0.2) is 8.42 Å². The highest BCUT2D eigenvalue weighted by atomic mass is 32.2. The van der Waals surface area contributed by atoms with Gasteiger partial charge in [-0.05, 0) is 63.7 Å². The Hall–Kier alpha value is -2.42. The molecule has 2 N–H and O–H groups in total. The zero-order chi connectivity index (χ0) is 27.4. The highest BCUT2D eigenvalue weighted by Gasteiger charge is 2.20. The number of hydrogen-bond acceptors (Lipinski definition) is 5. The molecule has 0 aliphatic heterocycles. The first-order chi connectivity index (χ1) is 17.3. The fourth-order valence-corrected chi connectivity index (χ4v) is 4.74. The summed E-state index contributed by atoms with van der Waals surface area (Å²) >= 11 is 0. The Labute approximate surface area is 220 Å². The van der Waals surface area contributed by atoms with Gasteiger partial charge in [0.1, 0.15) is 0 Å². The van der Waals surface area contributed by atoms with E-state index in [9.17, 15) is 13.2 Å². The molecule has 2 aromatic carbocycles. The molecular weight excluding hydrogens is 472 g/mol. The highest BCUT2D eigenvalue weighted by Crippen LogP contribution is 2.20. The zero-order valence-electron chi connectivity index (χ0n) is 23.3. The van der Waals surface area contributed by atoms with Gasteiger partial charge in [0.2, 0.25) is 16.4 Å². The summed E-state index contributed by atoms with van der Waals surface area (Å²) in [5.41, 5.74) is 1.85. The molecule has 0 bridgehead atoms. The van der Waals surface area contributed by atoms with Crippen molar-refractivity contribution in [2.75, 3.05) is 40.1 Å². The lowest BCUT2D eigenvalue weighted by atomic mass is 9.95. The number of rotatable bonds is 8. The first-order valence-corrected chi connectivity index (χ1v) is 14.3. The van der Waals surface area contributed by atoms with Crippen LogP contribution in [0.15, 0.2) is 59.5 Å². The molecule has 0 spiro atoms. The first kappa shape index (κ1) is 33.6. The number of amides is 1. The molecule has 0 unspecified atom stereocenters. The van der Waals surface area contributed by atoms with Crippen LogP contribution in [0.4, 0.5) is 5.69 Å². The topological polar surface area (TPSA) is 81.8 Å². The summed E-state index contributed by atoms with van der Waals surface area (Å²) in [5, 5.41) is 5.40. The zero-order valence-corrected chi connectivity index (χ0v) is 24.1. The van der Waals surface area contributed by atoms with E-state index in [0.717, 1.165) is 23.8 Å². The van der Waals surface area contributed by atoms with Gasteiger partial charge in [0.15, 0.2) is 0 Å². The molecule has 0 heterocycles. The van der Waals surface area contributed by atoms with Crippen molar-refractivity contribution in [3.63, 3.8) is 0 Å². The normalized spacial score (nSPS) is 13.2. The number of sulfonamides is 1. The van der Waals surface area contributed by atoms with Crippen molar-refractivity contribution in [1.29, 1.82) is 0 Å². The number of benzene rings is 2. The summed E-state index contributed by atoms with van der Waals surface area (Å²) < 4.78 is 26.2. The molecule has 1 amide bonds. The molecular formula is C28H48N4O3S. The third kappa shape index (κ3) is 13.0. The number of nitrogens with one attached hydrogen (secondary N) is 2. The van der Waals surface area contributed by atoms with Gasteiger partial charge in [0.05, 0.1) is 4.90 Å². The van der Waals surface area contributed by atoms with E-state index in [1.54, 1.807) is 38.4 Å². The Kier molecular flexibility index (Phi) is 18.4. The molecule has 2 aromatic rings. The molecule has 7 nitrogen and oxygen atoms in total. The van der Waals surface area contributed by atoms with Crippen molar-refractivity contribution in [3.05, 3.63) is 60.2 Å². The lowest BCUT2D eigenvalue weighted by molar-refractivity contribution is -0.109. The fourth-order valence-electron chi connectivity index (χ4n) is 3.58. The van der Waals surface area contributed by atoms with Crippen molar-refractivity contribution >= 4 is 22.1 Å². The van der Waals surface area contributed by atoms with E-state index in [1.165, 1.54) is 36.4 Å². The van der Waals surface area contributed by atoms with Crippen molar-refractivity contribution in [3.8, 4) is 0 Å². The summed E-state index contributed by atoms with van der Waals surface area (Å²) in [4.78, 5) is 12.0. The van der Waals surface area contributed by atoms with Gasteiger partial charge in [0, 0.05) is 38.9 Å². The first-order valence-electron chi connectivity index (χ1n) is 12.9. The van der Waals surface area contributed by atoms with Gasteiger partial charge >= 0.3 is 0 Å². The highest BCUT2D eigenvalue weighted by molar-refractivity contribution is 7.89. The maximum atomic E-state index is 12.4. The summed E-state index contributed by atoms with van der Waals surface area (Å²) in [5.74, 6) is 0. The number of carbonyl (C=O) groups excluding carboxylic acids is 1. The predicted octanol–water partition coefficient (Wildman–Crippen LogP) is 5.21. The number of carbonyl (C=O) groups is 1. The van der Waals surface area contributed by atoms with Crippen LogP contribution in [0.5, 0.6) is 0 Å². The van der Waals surface area contributed by atoms with Crippen molar-refractivity contribution in [1.82, 2.24) is 14.5 Å². The van der Waals surface area contributed by atoms with Crippen LogP contribution in [0.25, 0.3) is 0 Å². The summed E-state index contributed by atoms with van der Waals surface area (Å²) in [6.45, 7) is 6.95. The van der Waals surface area contributed by atoms with Gasteiger partial charge in [-0.1, -0.05) is 63.4 Å². The minimum Gasteiger partial charge on any atom is -0.388 e. The van der Waals surface area contributed by atoms with E-state index in [-0.39, 0.29) is 0 Å². The Morgan fingerprint density at radius 2 is 1.47 bits per heavy atom. The minimum absolute atomic E-state index is 0.301. The summed E-state index contributed by atoms with van der Waals surface area (Å²) in [6, 6.07) is 17.2. The van der Waals surface area contributed by atoms with Crippen LogP contribution in [0.2, 0.25) is 0 Å². The van der Waals surface area contributed by atoms with E-state index >= 15 is 0 Å². The molecule has 204 valence electrons. The molecule has 1 saturated carbocycles. The maximum absolute atomic E-state index is 12.4. The molecule has 1 fully saturated rings. The van der Waals surface area contributed by atoms with Crippen LogP contribution < -0.4 is 10.6 Å². The maximum Gasteiger partial charge on any atom is 0.243 e. The molecule has 36 heavy (non-hydrogen) atoms. The molecule has 0 aromatic heterocycles. The van der Waals surface area contributed by atoms with Crippen LogP contribution in [0, 0.1) is 0 Å². The van der Waals surface area contributed by atoms with E-state index in [2.05, 4.69) is 29.6 Å². The third-order valence-electron chi connectivity index (χ3n) is 5.69. The van der Waals surface area contributed by atoms with E-state index in [1.807, 2.05) is 51.1 Å². The Morgan fingerprint density at radius 3 is 1.86 bits per heavy atom. The lowest BCUT2D eigenvalue weighted by Crippen LogP contribution is -2.29. The van der Waals surface area contributed by atoms with Crippen LogP contribution in [-0.4, -0.2) is 64.8 Å². The van der Waals surface area contributed by atoms with E-state index in [0.29, 0.717) is 17.9 Å². The quantitative estimate of drug-likeness (QED) is 0.467. The van der Waals surface area contributed by atoms with Gasteiger partial charge in [0.25, 0.3) is 0 Å². The van der Waals surface area contributed by atoms with Gasteiger partial charge < -0.3 is 15.5 Å². The second-order valence-electron chi connectivity index (χ2n) is 8.45.